The van der Waals surface area contributed by atoms with Crippen LogP contribution in [0.5, 0.6) is 0 Å². The fourth-order valence-corrected chi connectivity index (χ4v) is 2.46. The number of carbonyl (C=O) groups is 1. The molecule has 1 aromatic carbocycles. The van der Waals surface area contributed by atoms with Crippen molar-refractivity contribution in [3.63, 3.8) is 0 Å². The summed E-state index contributed by atoms with van der Waals surface area (Å²) < 4.78 is 0. The van der Waals surface area contributed by atoms with Gasteiger partial charge in [0.25, 0.3) is 5.69 Å². The van der Waals surface area contributed by atoms with E-state index < -0.39 is 4.92 Å². The monoisotopic (exact) mass is 318 g/mol. The standard InChI is InChI=1S/C16H22N4O3/c1-13-6-9-19(10-7-13)11-8-16(21)18-17-12-14-2-4-15(5-3-14)20(22)23/h2-5,12-13H,6-11H2,1H3,(H,18,21)/b17-12+. The average Bonchev–Trinajstić information content (AvgIpc) is 2.55. The first-order valence-corrected chi connectivity index (χ1v) is 7.83. The van der Waals surface area contributed by atoms with Crippen LogP contribution in [0.3, 0.4) is 0 Å². The molecule has 1 aliphatic heterocycles. The van der Waals surface area contributed by atoms with Gasteiger partial charge in [0.2, 0.25) is 5.91 Å². The fraction of sp³-hybridized carbons (Fsp3) is 0.500. The van der Waals surface area contributed by atoms with Gasteiger partial charge in [-0.05, 0) is 49.5 Å². The van der Waals surface area contributed by atoms with E-state index in [0.717, 1.165) is 25.6 Å². The quantitative estimate of drug-likeness (QED) is 0.494. The average molecular weight is 318 g/mol. The number of carbonyl (C=O) groups excluding carboxylic acids is 1. The Balaban J connectivity index is 1.70. The molecular formula is C16H22N4O3. The topological polar surface area (TPSA) is 87.8 Å². The molecule has 124 valence electrons. The Hall–Kier alpha value is -2.28. The van der Waals surface area contributed by atoms with Gasteiger partial charge in [0.1, 0.15) is 0 Å². The van der Waals surface area contributed by atoms with E-state index >= 15 is 0 Å². The van der Waals surface area contributed by atoms with Crippen LogP contribution in [0.15, 0.2) is 29.4 Å². The molecule has 0 aromatic heterocycles. The van der Waals surface area contributed by atoms with E-state index in [2.05, 4.69) is 22.4 Å². The lowest BCUT2D eigenvalue weighted by atomic mass is 9.99. The Morgan fingerprint density at radius 2 is 2.04 bits per heavy atom. The maximum absolute atomic E-state index is 11.7. The zero-order valence-electron chi connectivity index (χ0n) is 13.3. The van der Waals surface area contributed by atoms with Crippen molar-refractivity contribution in [1.29, 1.82) is 0 Å². The molecule has 0 unspecified atom stereocenters. The number of nitro benzene ring substituents is 1. The van der Waals surface area contributed by atoms with Gasteiger partial charge < -0.3 is 4.90 Å². The Kier molecular flexibility index (Phi) is 6.22. The molecule has 0 radical (unpaired) electrons. The minimum absolute atomic E-state index is 0.0297. The molecule has 7 nitrogen and oxygen atoms in total. The van der Waals surface area contributed by atoms with Crippen LogP contribution in [-0.2, 0) is 4.79 Å². The Labute approximate surface area is 135 Å². The molecule has 1 saturated heterocycles. The summed E-state index contributed by atoms with van der Waals surface area (Å²) in [5, 5.41) is 14.4. The van der Waals surface area contributed by atoms with Crippen LogP contribution in [0, 0.1) is 16.0 Å². The molecule has 0 spiro atoms. The summed E-state index contributed by atoms with van der Waals surface area (Å²) in [4.78, 5) is 24.1. The van der Waals surface area contributed by atoms with Crippen LogP contribution in [0.1, 0.15) is 31.7 Å². The largest absolute Gasteiger partial charge is 0.303 e. The zero-order chi connectivity index (χ0) is 16.7. The highest BCUT2D eigenvalue weighted by Gasteiger charge is 2.15. The summed E-state index contributed by atoms with van der Waals surface area (Å²) in [6.07, 6.45) is 4.29. The predicted molar refractivity (Wildman–Crippen MR) is 88.3 cm³/mol. The van der Waals surface area contributed by atoms with Crippen LogP contribution < -0.4 is 5.43 Å². The molecule has 7 heteroatoms. The van der Waals surface area contributed by atoms with Crippen molar-refractivity contribution in [3.05, 3.63) is 39.9 Å². The second-order valence-electron chi connectivity index (χ2n) is 5.92. The van der Waals surface area contributed by atoms with Gasteiger partial charge in [0.05, 0.1) is 11.1 Å². The van der Waals surface area contributed by atoms with Gasteiger partial charge in [-0.25, -0.2) is 5.43 Å². The first kappa shape index (κ1) is 17.1. The number of non-ortho nitro benzene ring substituents is 1. The van der Waals surface area contributed by atoms with E-state index in [0.29, 0.717) is 12.0 Å². The van der Waals surface area contributed by atoms with E-state index in [9.17, 15) is 14.9 Å². The summed E-state index contributed by atoms with van der Waals surface area (Å²) in [6.45, 7) is 5.13. The second-order valence-corrected chi connectivity index (χ2v) is 5.92. The molecule has 1 aliphatic rings. The summed E-state index contributed by atoms with van der Waals surface area (Å²) in [5.41, 5.74) is 3.21. The van der Waals surface area contributed by atoms with Crippen molar-refractivity contribution < 1.29 is 9.72 Å². The molecule has 23 heavy (non-hydrogen) atoms. The molecular weight excluding hydrogens is 296 g/mol. The van der Waals surface area contributed by atoms with E-state index in [-0.39, 0.29) is 11.6 Å². The van der Waals surface area contributed by atoms with Gasteiger partial charge in [0.15, 0.2) is 0 Å². The number of hydrazone groups is 1. The number of nitrogens with zero attached hydrogens (tertiary/aromatic N) is 3. The molecule has 0 saturated carbocycles. The van der Waals surface area contributed by atoms with E-state index in [1.807, 2.05) is 0 Å². The highest BCUT2D eigenvalue weighted by molar-refractivity contribution is 5.82. The number of hydrogen-bond acceptors (Lipinski definition) is 5. The third kappa shape index (κ3) is 5.78. The molecule has 1 aromatic rings. The summed E-state index contributed by atoms with van der Waals surface area (Å²) in [5.74, 6) is 0.660. The number of amides is 1. The van der Waals surface area contributed by atoms with Crippen molar-refractivity contribution in [2.75, 3.05) is 19.6 Å². The van der Waals surface area contributed by atoms with Crippen molar-refractivity contribution in [3.8, 4) is 0 Å². The maximum atomic E-state index is 11.7. The number of hydrogen-bond donors (Lipinski definition) is 1. The first-order chi connectivity index (χ1) is 11.0. The molecule has 1 fully saturated rings. The smallest absolute Gasteiger partial charge is 0.269 e. The third-order valence-electron chi connectivity index (χ3n) is 4.04. The normalized spacial score (nSPS) is 16.6. The number of piperidine rings is 1. The molecule has 2 rings (SSSR count). The van der Waals surface area contributed by atoms with Crippen LogP contribution in [0.4, 0.5) is 5.69 Å². The Morgan fingerprint density at radius 1 is 1.39 bits per heavy atom. The molecule has 1 N–H and O–H groups in total. The van der Waals surface area contributed by atoms with Gasteiger partial charge >= 0.3 is 0 Å². The predicted octanol–water partition coefficient (Wildman–Crippen LogP) is 2.17. The van der Waals surface area contributed by atoms with Crippen molar-refractivity contribution in [2.45, 2.75) is 26.2 Å². The Bertz CT molecular complexity index is 563. The summed E-state index contributed by atoms with van der Waals surface area (Å²) in [6, 6.07) is 5.98. The van der Waals surface area contributed by atoms with Gasteiger partial charge in [-0.15, -0.1) is 0 Å². The van der Waals surface area contributed by atoms with Crippen LogP contribution in [0.25, 0.3) is 0 Å². The molecule has 1 amide bonds. The van der Waals surface area contributed by atoms with Gasteiger partial charge in [-0.1, -0.05) is 6.92 Å². The number of nitrogens with one attached hydrogen (secondary N) is 1. The van der Waals surface area contributed by atoms with Gasteiger partial charge in [-0.3, -0.25) is 14.9 Å². The maximum Gasteiger partial charge on any atom is 0.269 e. The second kappa shape index (κ2) is 8.38. The first-order valence-electron chi connectivity index (χ1n) is 7.83. The number of rotatable bonds is 6. The Morgan fingerprint density at radius 3 is 2.65 bits per heavy atom. The number of benzene rings is 1. The van der Waals surface area contributed by atoms with E-state index in [1.54, 1.807) is 12.1 Å². The minimum atomic E-state index is -0.454. The van der Waals surface area contributed by atoms with Crippen molar-refractivity contribution >= 4 is 17.8 Å². The van der Waals surface area contributed by atoms with Crippen LogP contribution >= 0.6 is 0 Å². The minimum Gasteiger partial charge on any atom is -0.303 e. The lowest BCUT2D eigenvalue weighted by Crippen LogP contribution is -2.35. The molecule has 0 aliphatic carbocycles. The highest BCUT2D eigenvalue weighted by Crippen LogP contribution is 2.15. The number of nitro groups is 1. The van der Waals surface area contributed by atoms with Crippen molar-refractivity contribution in [1.82, 2.24) is 10.3 Å². The fourth-order valence-electron chi connectivity index (χ4n) is 2.46. The lowest BCUT2D eigenvalue weighted by molar-refractivity contribution is -0.384. The van der Waals surface area contributed by atoms with Crippen molar-refractivity contribution in [2.24, 2.45) is 11.0 Å². The highest BCUT2D eigenvalue weighted by atomic mass is 16.6. The SMILES string of the molecule is CC1CCN(CCC(=O)N/N=C/c2ccc([N+](=O)[O-])cc2)CC1. The molecule has 1 heterocycles. The summed E-state index contributed by atoms with van der Waals surface area (Å²) in [7, 11) is 0. The van der Waals surface area contributed by atoms with Gasteiger partial charge in [-0.2, -0.15) is 5.10 Å². The van der Waals surface area contributed by atoms with Crippen LogP contribution in [0.2, 0.25) is 0 Å². The lowest BCUT2D eigenvalue weighted by Gasteiger charge is -2.29. The molecule has 0 bridgehead atoms. The van der Waals surface area contributed by atoms with Gasteiger partial charge in [0, 0.05) is 25.1 Å². The number of likely N-dealkylation sites (tertiary alicyclic amines) is 1. The summed E-state index contributed by atoms with van der Waals surface area (Å²) >= 11 is 0. The molecule has 0 atom stereocenters. The van der Waals surface area contributed by atoms with E-state index in [1.165, 1.54) is 31.2 Å². The van der Waals surface area contributed by atoms with Crippen LogP contribution in [-0.4, -0.2) is 41.6 Å². The van der Waals surface area contributed by atoms with E-state index in [4.69, 9.17) is 0 Å². The zero-order valence-corrected chi connectivity index (χ0v) is 13.3. The third-order valence-corrected chi connectivity index (χ3v) is 4.04.